The SMILES string of the molecule is CN(C)C1CC23CCC4(O2)C2CC=C(c5cccnc5)C2(C)CCC4(F)C=C3C(O)C1O. The van der Waals surface area contributed by atoms with E-state index in [1.807, 2.05) is 31.3 Å². The number of halogens is 1. The van der Waals surface area contributed by atoms with Crippen LogP contribution in [0, 0.1) is 11.3 Å². The minimum absolute atomic E-state index is 0.0305. The summed E-state index contributed by atoms with van der Waals surface area (Å²) in [5.41, 5.74) is -0.456. The average Bonchev–Trinajstić information content (AvgIpc) is 3.30. The molecule has 3 heterocycles. The van der Waals surface area contributed by atoms with Gasteiger partial charge in [0.2, 0.25) is 0 Å². The number of ether oxygens (including phenoxy) is 1. The number of nitrogens with zero attached hydrogens (tertiary/aromatic N) is 2. The third kappa shape index (κ3) is 2.39. The molecular formula is C26H33FN2O3. The van der Waals surface area contributed by atoms with Gasteiger partial charge in [-0.2, -0.15) is 0 Å². The normalized spacial score (nSPS) is 49.2. The molecule has 2 bridgehead atoms. The molecule has 3 aliphatic carbocycles. The van der Waals surface area contributed by atoms with E-state index in [1.54, 1.807) is 12.3 Å². The quantitative estimate of drug-likeness (QED) is 0.691. The zero-order valence-electron chi connectivity index (χ0n) is 19.1. The van der Waals surface area contributed by atoms with E-state index in [2.05, 4.69) is 24.1 Å². The first-order valence-electron chi connectivity index (χ1n) is 11.9. The third-order valence-corrected chi connectivity index (χ3v) is 9.62. The van der Waals surface area contributed by atoms with Gasteiger partial charge in [0.25, 0.3) is 0 Å². The van der Waals surface area contributed by atoms with E-state index in [0.717, 1.165) is 18.4 Å². The number of aliphatic hydroxyl groups is 2. The molecule has 2 spiro atoms. The highest BCUT2D eigenvalue weighted by molar-refractivity contribution is 5.73. The van der Waals surface area contributed by atoms with E-state index in [1.165, 1.54) is 5.57 Å². The van der Waals surface area contributed by atoms with Crippen molar-refractivity contribution in [3.63, 3.8) is 0 Å². The minimum atomic E-state index is -1.63. The summed E-state index contributed by atoms with van der Waals surface area (Å²) >= 11 is 0. The Morgan fingerprint density at radius 2 is 2.00 bits per heavy atom. The number of hydrogen-bond donors (Lipinski definition) is 2. The zero-order valence-corrected chi connectivity index (χ0v) is 19.1. The lowest BCUT2D eigenvalue weighted by Crippen LogP contribution is -2.68. The van der Waals surface area contributed by atoms with E-state index < -0.39 is 29.1 Å². The van der Waals surface area contributed by atoms with Crippen molar-refractivity contribution in [2.24, 2.45) is 11.3 Å². The first-order valence-corrected chi connectivity index (χ1v) is 11.9. The second-order valence-corrected chi connectivity index (χ2v) is 11.2. The Morgan fingerprint density at radius 1 is 1.19 bits per heavy atom. The molecular weight excluding hydrogens is 407 g/mol. The maximum Gasteiger partial charge on any atom is 0.158 e. The molecule has 6 rings (SSSR count). The van der Waals surface area contributed by atoms with Crippen LogP contribution in [0.3, 0.4) is 0 Å². The number of rotatable bonds is 2. The fraction of sp³-hybridized carbons (Fsp3) is 0.654. The van der Waals surface area contributed by atoms with E-state index >= 15 is 4.39 Å². The van der Waals surface area contributed by atoms with Gasteiger partial charge in [-0.25, -0.2) is 4.39 Å². The van der Waals surface area contributed by atoms with Gasteiger partial charge in [0.1, 0.15) is 11.7 Å². The van der Waals surface area contributed by atoms with E-state index in [9.17, 15) is 10.2 Å². The van der Waals surface area contributed by atoms with E-state index in [-0.39, 0.29) is 17.4 Å². The molecule has 8 atom stereocenters. The van der Waals surface area contributed by atoms with Crippen LogP contribution < -0.4 is 0 Å². The molecule has 0 radical (unpaired) electrons. The predicted octanol–water partition coefficient (Wildman–Crippen LogP) is 3.28. The number of alkyl halides is 1. The lowest BCUT2D eigenvalue weighted by atomic mass is 9.53. The van der Waals surface area contributed by atoms with Crippen LogP contribution in [0.4, 0.5) is 4.39 Å². The van der Waals surface area contributed by atoms with Gasteiger partial charge in [-0.05, 0) is 86.9 Å². The molecule has 1 aromatic heterocycles. The van der Waals surface area contributed by atoms with Crippen LogP contribution >= 0.6 is 0 Å². The van der Waals surface area contributed by atoms with Crippen molar-refractivity contribution in [3.8, 4) is 0 Å². The second-order valence-electron chi connectivity index (χ2n) is 11.2. The number of pyridine rings is 1. The summed E-state index contributed by atoms with van der Waals surface area (Å²) in [6, 6.07) is 3.82. The van der Waals surface area contributed by atoms with E-state index in [0.29, 0.717) is 31.3 Å². The maximum absolute atomic E-state index is 16.9. The van der Waals surface area contributed by atoms with Crippen molar-refractivity contribution in [2.75, 3.05) is 14.1 Å². The van der Waals surface area contributed by atoms with Gasteiger partial charge in [-0.15, -0.1) is 0 Å². The van der Waals surface area contributed by atoms with Crippen molar-refractivity contribution < 1.29 is 19.3 Å². The van der Waals surface area contributed by atoms with Gasteiger partial charge in [0.15, 0.2) is 5.67 Å². The Balaban J connectivity index is 1.44. The molecule has 1 saturated heterocycles. The Kier molecular flexibility index (Phi) is 4.26. The molecule has 3 fully saturated rings. The summed E-state index contributed by atoms with van der Waals surface area (Å²) in [6.45, 7) is 2.27. The Hall–Kier alpha value is -1.60. The fourth-order valence-corrected chi connectivity index (χ4v) is 7.95. The highest BCUT2D eigenvalue weighted by Crippen LogP contribution is 2.71. The molecule has 5 aliphatic rings. The van der Waals surface area contributed by atoms with Crippen molar-refractivity contribution in [2.45, 2.75) is 80.6 Å². The highest BCUT2D eigenvalue weighted by Gasteiger charge is 2.74. The zero-order chi connectivity index (χ0) is 22.5. The van der Waals surface area contributed by atoms with Gasteiger partial charge < -0.3 is 19.8 Å². The minimum Gasteiger partial charge on any atom is -0.388 e. The van der Waals surface area contributed by atoms with Crippen molar-refractivity contribution in [1.29, 1.82) is 0 Å². The molecule has 2 aliphatic heterocycles. The van der Waals surface area contributed by atoms with Crippen molar-refractivity contribution >= 4 is 5.57 Å². The van der Waals surface area contributed by atoms with Crippen LogP contribution in [0.1, 0.15) is 51.0 Å². The summed E-state index contributed by atoms with van der Waals surface area (Å²) in [6.07, 6.45) is 9.38. The van der Waals surface area contributed by atoms with Gasteiger partial charge in [0, 0.05) is 24.4 Å². The smallest absolute Gasteiger partial charge is 0.158 e. The summed E-state index contributed by atoms with van der Waals surface area (Å²) in [5.74, 6) is 0.0305. The van der Waals surface area contributed by atoms with Crippen LogP contribution in [0.15, 0.2) is 42.3 Å². The van der Waals surface area contributed by atoms with Crippen LogP contribution in [-0.4, -0.2) is 69.3 Å². The van der Waals surface area contributed by atoms with Gasteiger partial charge in [-0.1, -0.05) is 19.1 Å². The number of fused-ring (bicyclic) bond motifs is 1. The van der Waals surface area contributed by atoms with Gasteiger partial charge in [0.05, 0.1) is 11.7 Å². The Labute approximate surface area is 189 Å². The first kappa shape index (κ1) is 21.0. The maximum atomic E-state index is 16.9. The molecule has 1 aromatic rings. The van der Waals surface area contributed by atoms with Crippen LogP contribution in [0.5, 0.6) is 0 Å². The largest absolute Gasteiger partial charge is 0.388 e. The van der Waals surface area contributed by atoms with Gasteiger partial charge >= 0.3 is 0 Å². The average molecular weight is 441 g/mol. The summed E-state index contributed by atoms with van der Waals surface area (Å²) in [7, 11) is 3.83. The number of likely N-dealkylation sites (N-methyl/N-ethyl adjacent to an activating group) is 1. The molecule has 6 heteroatoms. The molecule has 32 heavy (non-hydrogen) atoms. The molecule has 2 saturated carbocycles. The number of aliphatic hydroxyl groups excluding tert-OH is 2. The van der Waals surface area contributed by atoms with Crippen LogP contribution in [-0.2, 0) is 4.74 Å². The lowest BCUT2D eigenvalue weighted by Gasteiger charge is -2.60. The molecule has 172 valence electrons. The number of aromatic nitrogens is 1. The van der Waals surface area contributed by atoms with Crippen molar-refractivity contribution in [3.05, 3.63) is 47.8 Å². The molecule has 8 unspecified atom stereocenters. The summed E-state index contributed by atoms with van der Waals surface area (Å²) < 4.78 is 23.9. The molecule has 0 amide bonds. The third-order valence-electron chi connectivity index (χ3n) is 9.62. The monoisotopic (exact) mass is 440 g/mol. The highest BCUT2D eigenvalue weighted by atomic mass is 19.1. The second kappa shape index (κ2) is 6.50. The number of hydrogen-bond acceptors (Lipinski definition) is 5. The fourth-order valence-electron chi connectivity index (χ4n) is 7.95. The number of allylic oxidation sites excluding steroid dienone is 2. The topological polar surface area (TPSA) is 65.8 Å². The lowest BCUT2D eigenvalue weighted by molar-refractivity contribution is -0.239. The molecule has 0 aromatic carbocycles. The molecule has 2 N–H and O–H groups in total. The first-order chi connectivity index (χ1) is 15.2. The predicted molar refractivity (Wildman–Crippen MR) is 119 cm³/mol. The van der Waals surface area contributed by atoms with Crippen LogP contribution in [0.2, 0.25) is 0 Å². The summed E-state index contributed by atoms with van der Waals surface area (Å²) in [4.78, 5) is 6.27. The standard InChI is InChI=1S/C26H33FN2O3/c1-23-8-10-25(27)13-18-21(30)22(31)19(29(2)3)14-24(18)9-11-26(25,32-24)20(23)7-6-17(23)16-5-4-12-28-15-16/h4-6,12-13,15,19-22,30-31H,7-11,14H2,1-3H3. The van der Waals surface area contributed by atoms with E-state index in [4.69, 9.17) is 4.74 Å². The van der Waals surface area contributed by atoms with Crippen molar-refractivity contribution in [1.82, 2.24) is 9.88 Å². The Morgan fingerprint density at radius 3 is 2.72 bits per heavy atom. The summed E-state index contributed by atoms with van der Waals surface area (Å²) in [5, 5.41) is 21.8. The van der Waals surface area contributed by atoms with Gasteiger partial charge in [-0.3, -0.25) is 4.98 Å². The van der Waals surface area contributed by atoms with Crippen LogP contribution in [0.25, 0.3) is 5.57 Å². The molecule has 5 nitrogen and oxygen atoms in total. The Bertz CT molecular complexity index is 1010.